The van der Waals surface area contributed by atoms with E-state index in [2.05, 4.69) is 4.98 Å². The average molecular weight is 302 g/mol. The molecule has 2 rings (SSSR count). The zero-order chi connectivity index (χ0) is 16.1. The highest BCUT2D eigenvalue weighted by Crippen LogP contribution is 2.35. The van der Waals surface area contributed by atoms with Gasteiger partial charge in [0.1, 0.15) is 11.4 Å². The number of amides is 1. The summed E-state index contributed by atoms with van der Waals surface area (Å²) in [5.41, 5.74) is 12.5. The third kappa shape index (κ3) is 3.38. The van der Waals surface area contributed by atoms with E-state index in [0.717, 1.165) is 0 Å². The zero-order valence-electron chi connectivity index (χ0n) is 12.4. The predicted octanol–water partition coefficient (Wildman–Crippen LogP) is 2.63. The molecule has 0 fully saturated rings. The van der Waals surface area contributed by atoms with Gasteiger partial charge in [-0.1, -0.05) is 6.07 Å². The molecule has 1 aromatic heterocycles. The predicted molar refractivity (Wildman–Crippen MR) is 85.0 cm³/mol. The first kappa shape index (κ1) is 15.4. The molecular weight excluding hydrogens is 284 g/mol. The largest absolute Gasteiger partial charge is 0.455 e. The minimum Gasteiger partial charge on any atom is -0.455 e. The van der Waals surface area contributed by atoms with Crippen LogP contribution in [-0.4, -0.2) is 24.7 Å². The van der Waals surface area contributed by atoms with E-state index in [-0.39, 0.29) is 12.4 Å². The van der Waals surface area contributed by atoms with E-state index in [1.807, 2.05) is 0 Å². The van der Waals surface area contributed by atoms with E-state index in [9.17, 15) is 4.79 Å². The molecule has 7 nitrogen and oxygen atoms in total. The van der Waals surface area contributed by atoms with Crippen molar-refractivity contribution in [2.45, 2.75) is 6.92 Å². The fourth-order valence-corrected chi connectivity index (χ4v) is 1.89. The van der Waals surface area contributed by atoms with Gasteiger partial charge in [-0.2, -0.15) is 0 Å². The number of benzene rings is 1. The van der Waals surface area contributed by atoms with Crippen molar-refractivity contribution in [3.63, 3.8) is 0 Å². The highest BCUT2D eigenvalue weighted by atomic mass is 16.6. The molecule has 2 aromatic rings. The number of pyridine rings is 1. The van der Waals surface area contributed by atoms with Crippen LogP contribution in [0.1, 0.15) is 6.92 Å². The Morgan fingerprint density at radius 1 is 1.32 bits per heavy atom. The van der Waals surface area contributed by atoms with Crippen molar-refractivity contribution in [1.29, 1.82) is 0 Å². The van der Waals surface area contributed by atoms with Crippen molar-refractivity contribution in [1.82, 2.24) is 4.98 Å². The Bertz CT molecular complexity index is 676. The second-order valence-electron chi connectivity index (χ2n) is 4.48. The Morgan fingerprint density at radius 2 is 2.09 bits per heavy atom. The van der Waals surface area contributed by atoms with E-state index in [1.54, 1.807) is 37.3 Å². The van der Waals surface area contributed by atoms with Crippen molar-refractivity contribution in [3.05, 3.63) is 36.5 Å². The Kier molecular flexibility index (Phi) is 4.67. The summed E-state index contributed by atoms with van der Waals surface area (Å²) in [6.07, 6.45) is 0.957. The van der Waals surface area contributed by atoms with Crippen LogP contribution < -0.4 is 21.1 Å². The van der Waals surface area contributed by atoms with Crippen molar-refractivity contribution in [2.24, 2.45) is 0 Å². The summed E-state index contributed by atoms with van der Waals surface area (Å²) in [6.45, 7) is 1.98. The van der Waals surface area contributed by atoms with Crippen LogP contribution in [0.5, 0.6) is 11.5 Å². The van der Waals surface area contributed by atoms with Crippen LogP contribution in [0.2, 0.25) is 0 Å². The van der Waals surface area contributed by atoms with Gasteiger partial charge in [0.15, 0.2) is 11.6 Å². The number of hydrogen-bond acceptors (Lipinski definition) is 6. The lowest BCUT2D eigenvalue weighted by molar-refractivity contribution is 0.161. The number of carbonyl (C=O) groups is 1. The molecule has 0 aliphatic heterocycles. The molecular formula is C15H18N4O3. The molecule has 4 N–H and O–H groups in total. The molecule has 0 atom stereocenters. The molecule has 0 radical (unpaired) electrons. The summed E-state index contributed by atoms with van der Waals surface area (Å²) in [6, 6.07) is 8.56. The molecule has 0 aliphatic carbocycles. The summed E-state index contributed by atoms with van der Waals surface area (Å²) in [4.78, 5) is 17.1. The molecule has 0 bridgehead atoms. The zero-order valence-corrected chi connectivity index (χ0v) is 12.4. The second-order valence-corrected chi connectivity index (χ2v) is 4.48. The van der Waals surface area contributed by atoms with Gasteiger partial charge in [-0.05, 0) is 19.1 Å². The lowest BCUT2D eigenvalue weighted by Crippen LogP contribution is -2.28. The molecule has 0 saturated heterocycles. The van der Waals surface area contributed by atoms with Crippen molar-refractivity contribution < 1.29 is 14.3 Å². The third-order valence-corrected chi connectivity index (χ3v) is 2.88. The molecule has 116 valence electrons. The minimum absolute atomic E-state index is 0.164. The maximum atomic E-state index is 11.9. The molecule has 0 unspecified atom stereocenters. The maximum absolute atomic E-state index is 11.9. The van der Waals surface area contributed by atoms with E-state index < -0.39 is 6.09 Å². The standard InChI is InChI=1S/C15H18N4O3/c1-3-21-15(20)19(2)13-12(7-8-18-14(13)17)22-11-6-4-5-10(16)9-11/h4-9H,3,16H2,1-2H3,(H2,17,18). The van der Waals surface area contributed by atoms with Gasteiger partial charge in [0, 0.05) is 31.1 Å². The summed E-state index contributed by atoms with van der Waals surface area (Å²) in [7, 11) is 1.54. The van der Waals surface area contributed by atoms with E-state index in [1.165, 1.54) is 18.1 Å². The minimum atomic E-state index is -0.542. The van der Waals surface area contributed by atoms with Gasteiger partial charge in [-0.25, -0.2) is 9.78 Å². The van der Waals surface area contributed by atoms with Crippen LogP contribution in [0.15, 0.2) is 36.5 Å². The number of nitrogen functional groups attached to an aromatic ring is 2. The number of ether oxygens (including phenoxy) is 2. The first-order chi connectivity index (χ1) is 10.5. The molecule has 0 spiro atoms. The molecule has 1 heterocycles. The lowest BCUT2D eigenvalue weighted by Gasteiger charge is -2.21. The molecule has 22 heavy (non-hydrogen) atoms. The molecule has 7 heteroatoms. The van der Waals surface area contributed by atoms with E-state index in [4.69, 9.17) is 20.9 Å². The van der Waals surface area contributed by atoms with Gasteiger partial charge < -0.3 is 20.9 Å². The van der Waals surface area contributed by atoms with Crippen LogP contribution in [0.3, 0.4) is 0 Å². The average Bonchev–Trinajstić information content (AvgIpc) is 2.47. The molecule has 0 aliphatic rings. The van der Waals surface area contributed by atoms with Crippen LogP contribution in [-0.2, 0) is 4.74 Å². The number of nitrogens with zero attached hydrogens (tertiary/aromatic N) is 2. The van der Waals surface area contributed by atoms with Crippen LogP contribution in [0.4, 0.5) is 22.0 Å². The van der Waals surface area contributed by atoms with Crippen molar-refractivity contribution in [2.75, 3.05) is 30.0 Å². The molecule has 1 amide bonds. The molecule has 1 aromatic carbocycles. The summed E-state index contributed by atoms with van der Waals surface area (Å²) in [5, 5.41) is 0. The van der Waals surface area contributed by atoms with Gasteiger partial charge in [0.05, 0.1) is 6.61 Å². The Hall–Kier alpha value is -2.96. The smallest absolute Gasteiger partial charge is 0.414 e. The number of nitrogens with two attached hydrogens (primary N) is 2. The van der Waals surface area contributed by atoms with E-state index >= 15 is 0 Å². The van der Waals surface area contributed by atoms with Crippen LogP contribution in [0.25, 0.3) is 0 Å². The lowest BCUT2D eigenvalue weighted by atomic mass is 10.3. The number of rotatable bonds is 4. The molecule has 0 saturated carbocycles. The number of anilines is 3. The normalized spacial score (nSPS) is 10.1. The van der Waals surface area contributed by atoms with Crippen molar-refractivity contribution in [3.8, 4) is 11.5 Å². The summed E-state index contributed by atoms with van der Waals surface area (Å²) >= 11 is 0. The van der Waals surface area contributed by atoms with Gasteiger partial charge in [0.2, 0.25) is 0 Å². The first-order valence-corrected chi connectivity index (χ1v) is 6.71. The fourth-order valence-electron chi connectivity index (χ4n) is 1.89. The highest BCUT2D eigenvalue weighted by molar-refractivity contribution is 5.92. The summed E-state index contributed by atoms with van der Waals surface area (Å²) < 4.78 is 10.7. The van der Waals surface area contributed by atoms with Crippen LogP contribution >= 0.6 is 0 Å². The quantitative estimate of drug-likeness (QED) is 0.841. The first-order valence-electron chi connectivity index (χ1n) is 6.71. The highest BCUT2D eigenvalue weighted by Gasteiger charge is 2.20. The SMILES string of the molecule is CCOC(=O)N(C)c1c(Oc2cccc(N)c2)ccnc1N. The summed E-state index contributed by atoms with van der Waals surface area (Å²) in [5.74, 6) is 1.08. The van der Waals surface area contributed by atoms with Crippen LogP contribution in [0, 0.1) is 0 Å². The number of hydrogen-bond donors (Lipinski definition) is 2. The number of aromatic nitrogens is 1. The van der Waals surface area contributed by atoms with Gasteiger partial charge in [-0.15, -0.1) is 0 Å². The van der Waals surface area contributed by atoms with Gasteiger partial charge in [0.25, 0.3) is 0 Å². The monoisotopic (exact) mass is 302 g/mol. The Labute approximate surface area is 128 Å². The topological polar surface area (TPSA) is 104 Å². The van der Waals surface area contributed by atoms with Crippen molar-refractivity contribution >= 4 is 23.3 Å². The van der Waals surface area contributed by atoms with E-state index in [0.29, 0.717) is 22.9 Å². The maximum Gasteiger partial charge on any atom is 0.414 e. The van der Waals surface area contributed by atoms with Gasteiger partial charge >= 0.3 is 6.09 Å². The fraction of sp³-hybridized carbons (Fsp3) is 0.200. The Balaban J connectivity index is 2.36. The Morgan fingerprint density at radius 3 is 2.77 bits per heavy atom. The number of carbonyl (C=O) groups excluding carboxylic acids is 1. The second kappa shape index (κ2) is 6.66. The van der Waals surface area contributed by atoms with Gasteiger partial charge in [-0.3, -0.25) is 4.90 Å². The third-order valence-electron chi connectivity index (χ3n) is 2.88.